The molecule has 0 saturated heterocycles. The van der Waals surface area contributed by atoms with Gasteiger partial charge in [0.1, 0.15) is 5.75 Å². The third-order valence-corrected chi connectivity index (χ3v) is 3.56. The lowest BCUT2D eigenvalue weighted by molar-refractivity contribution is -0.128. The van der Waals surface area contributed by atoms with Crippen LogP contribution in [0.4, 0.5) is 0 Å². The molecular weight excluding hydrogens is 298 g/mol. The molecule has 0 aliphatic heterocycles. The Morgan fingerprint density at radius 3 is 2.59 bits per heavy atom. The van der Waals surface area contributed by atoms with E-state index in [0.717, 1.165) is 5.56 Å². The van der Waals surface area contributed by atoms with E-state index in [9.17, 15) is 4.79 Å². The molecule has 0 unspecified atom stereocenters. The third-order valence-electron chi connectivity index (χ3n) is 3.32. The average Bonchev–Trinajstić information content (AvgIpc) is 2.52. The lowest BCUT2D eigenvalue weighted by Gasteiger charge is -2.17. The molecule has 2 aromatic rings. The number of ether oxygens (including phenoxy) is 1. The van der Waals surface area contributed by atoms with Gasteiger partial charge in [0.05, 0.1) is 0 Å². The Balaban J connectivity index is 1.92. The molecule has 3 nitrogen and oxygen atoms in total. The number of amides is 1. The summed E-state index contributed by atoms with van der Waals surface area (Å²) in [6.45, 7) is 4.45. The maximum Gasteiger partial charge on any atom is 0.261 e. The van der Waals surface area contributed by atoms with E-state index in [1.54, 1.807) is 24.3 Å². The van der Waals surface area contributed by atoms with Crippen molar-refractivity contribution in [3.05, 3.63) is 64.7 Å². The average molecular weight is 318 g/mol. The number of benzene rings is 2. The molecular formula is C18H20ClNO2. The van der Waals surface area contributed by atoms with Crippen LogP contribution in [0.25, 0.3) is 0 Å². The maximum absolute atomic E-state index is 12.2. The van der Waals surface area contributed by atoms with Gasteiger partial charge < -0.3 is 10.1 Å². The van der Waals surface area contributed by atoms with E-state index in [1.165, 1.54) is 5.56 Å². The summed E-state index contributed by atoms with van der Waals surface area (Å²) >= 11 is 5.92. The quantitative estimate of drug-likeness (QED) is 0.870. The van der Waals surface area contributed by atoms with Crippen LogP contribution >= 0.6 is 11.6 Å². The fraction of sp³-hybridized carbons (Fsp3) is 0.278. The van der Waals surface area contributed by atoms with E-state index in [2.05, 4.69) is 5.32 Å². The van der Waals surface area contributed by atoms with Crippen LogP contribution < -0.4 is 10.1 Å². The fourth-order valence-electron chi connectivity index (χ4n) is 2.04. The highest BCUT2D eigenvalue weighted by Gasteiger charge is 2.18. The highest BCUT2D eigenvalue weighted by atomic mass is 35.5. The second kappa shape index (κ2) is 7.85. The standard InChI is InChI=1S/C18H20ClNO2/c1-3-17(22-16-6-4-5-15(19)11-16)18(21)20-12-14-9-7-13(2)8-10-14/h4-11,17H,3,12H2,1-2H3,(H,20,21)/t17-/m1/s1. The molecule has 0 aromatic heterocycles. The van der Waals surface area contributed by atoms with Gasteiger partial charge in [0, 0.05) is 11.6 Å². The molecule has 116 valence electrons. The SMILES string of the molecule is CC[C@@H](Oc1cccc(Cl)c1)C(=O)NCc1ccc(C)cc1. The topological polar surface area (TPSA) is 38.3 Å². The van der Waals surface area contributed by atoms with Crippen molar-refractivity contribution in [2.24, 2.45) is 0 Å². The van der Waals surface area contributed by atoms with Gasteiger partial charge in [-0.05, 0) is 37.1 Å². The molecule has 2 rings (SSSR count). The molecule has 0 spiro atoms. The first-order valence-electron chi connectivity index (χ1n) is 7.34. The summed E-state index contributed by atoms with van der Waals surface area (Å²) in [5.41, 5.74) is 2.27. The summed E-state index contributed by atoms with van der Waals surface area (Å²) in [6, 6.07) is 15.1. The first kappa shape index (κ1) is 16.4. The van der Waals surface area contributed by atoms with Crippen LogP contribution in [0.3, 0.4) is 0 Å². The lowest BCUT2D eigenvalue weighted by atomic mass is 10.1. The van der Waals surface area contributed by atoms with Crippen molar-refractivity contribution in [2.45, 2.75) is 32.9 Å². The van der Waals surface area contributed by atoms with Gasteiger partial charge in [-0.3, -0.25) is 4.79 Å². The van der Waals surface area contributed by atoms with E-state index in [0.29, 0.717) is 23.7 Å². The third kappa shape index (κ3) is 4.78. The summed E-state index contributed by atoms with van der Waals surface area (Å²) in [6.07, 6.45) is 0.0654. The zero-order chi connectivity index (χ0) is 15.9. The molecule has 0 saturated carbocycles. The monoisotopic (exact) mass is 317 g/mol. The fourth-order valence-corrected chi connectivity index (χ4v) is 2.22. The normalized spacial score (nSPS) is 11.8. The molecule has 0 radical (unpaired) electrons. The van der Waals surface area contributed by atoms with E-state index in [1.807, 2.05) is 38.1 Å². The number of hydrogen-bond acceptors (Lipinski definition) is 2. The number of nitrogens with one attached hydrogen (secondary N) is 1. The molecule has 0 heterocycles. The predicted octanol–water partition coefficient (Wildman–Crippen LogP) is 4.12. The van der Waals surface area contributed by atoms with Gasteiger partial charge in [0.15, 0.2) is 6.10 Å². The number of carbonyl (C=O) groups excluding carboxylic acids is 1. The zero-order valence-electron chi connectivity index (χ0n) is 12.8. The minimum Gasteiger partial charge on any atom is -0.481 e. The van der Waals surface area contributed by atoms with Gasteiger partial charge in [0.25, 0.3) is 5.91 Å². The second-order valence-corrected chi connectivity index (χ2v) is 5.61. The molecule has 0 aliphatic carbocycles. The van der Waals surface area contributed by atoms with E-state index >= 15 is 0 Å². The molecule has 1 amide bonds. The molecule has 0 aliphatic rings. The van der Waals surface area contributed by atoms with Gasteiger partial charge in [-0.2, -0.15) is 0 Å². The second-order valence-electron chi connectivity index (χ2n) is 5.18. The van der Waals surface area contributed by atoms with Crippen LogP contribution in [-0.4, -0.2) is 12.0 Å². The molecule has 22 heavy (non-hydrogen) atoms. The van der Waals surface area contributed by atoms with Gasteiger partial charge in [-0.1, -0.05) is 54.4 Å². The van der Waals surface area contributed by atoms with Crippen LogP contribution in [-0.2, 0) is 11.3 Å². The van der Waals surface area contributed by atoms with Gasteiger partial charge >= 0.3 is 0 Å². The van der Waals surface area contributed by atoms with Gasteiger partial charge in [-0.15, -0.1) is 0 Å². The first-order valence-corrected chi connectivity index (χ1v) is 7.71. The Morgan fingerprint density at radius 1 is 1.23 bits per heavy atom. The summed E-state index contributed by atoms with van der Waals surface area (Å²) in [4.78, 5) is 12.2. The Morgan fingerprint density at radius 2 is 1.95 bits per heavy atom. The molecule has 0 fully saturated rings. The van der Waals surface area contributed by atoms with Gasteiger partial charge in [-0.25, -0.2) is 0 Å². The van der Waals surface area contributed by atoms with E-state index in [-0.39, 0.29) is 5.91 Å². The van der Waals surface area contributed by atoms with Crippen LogP contribution in [0.1, 0.15) is 24.5 Å². The molecule has 0 bridgehead atoms. The summed E-state index contributed by atoms with van der Waals surface area (Å²) < 4.78 is 5.72. The highest BCUT2D eigenvalue weighted by Crippen LogP contribution is 2.19. The predicted molar refractivity (Wildman–Crippen MR) is 89.2 cm³/mol. The van der Waals surface area contributed by atoms with Crippen molar-refractivity contribution in [1.82, 2.24) is 5.32 Å². The molecule has 2 aromatic carbocycles. The number of hydrogen-bond donors (Lipinski definition) is 1. The van der Waals surface area contributed by atoms with Crippen molar-refractivity contribution < 1.29 is 9.53 Å². The Hall–Kier alpha value is -2.00. The summed E-state index contributed by atoms with van der Waals surface area (Å²) in [5, 5.41) is 3.50. The first-order chi connectivity index (χ1) is 10.6. The number of aryl methyl sites for hydroxylation is 1. The Labute approximate surface area is 136 Å². The van der Waals surface area contributed by atoms with Crippen molar-refractivity contribution in [1.29, 1.82) is 0 Å². The Kier molecular flexibility index (Phi) is 5.84. The smallest absolute Gasteiger partial charge is 0.261 e. The van der Waals surface area contributed by atoms with Crippen LogP contribution in [0.5, 0.6) is 5.75 Å². The number of rotatable bonds is 6. The minimum atomic E-state index is -0.524. The van der Waals surface area contributed by atoms with Crippen molar-refractivity contribution in [3.63, 3.8) is 0 Å². The maximum atomic E-state index is 12.2. The molecule has 1 atom stereocenters. The molecule has 1 N–H and O–H groups in total. The lowest BCUT2D eigenvalue weighted by Crippen LogP contribution is -2.37. The highest BCUT2D eigenvalue weighted by molar-refractivity contribution is 6.30. The van der Waals surface area contributed by atoms with E-state index < -0.39 is 6.10 Å². The Bertz CT molecular complexity index is 625. The minimum absolute atomic E-state index is 0.122. The van der Waals surface area contributed by atoms with Crippen LogP contribution in [0.2, 0.25) is 5.02 Å². The van der Waals surface area contributed by atoms with Crippen LogP contribution in [0.15, 0.2) is 48.5 Å². The number of halogens is 1. The van der Waals surface area contributed by atoms with Crippen molar-refractivity contribution in [2.75, 3.05) is 0 Å². The van der Waals surface area contributed by atoms with Gasteiger partial charge in [0.2, 0.25) is 0 Å². The van der Waals surface area contributed by atoms with E-state index in [4.69, 9.17) is 16.3 Å². The molecule has 4 heteroatoms. The summed E-state index contributed by atoms with van der Waals surface area (Å²) in [5.74, 6) is 0.480. The van der Waals surface area contributed by atoms with Crippen LogP contribution in [0, 0.1) is 6.92 Å². The van der Waals surface area contributed by atoms with Crippen molar-refractivity contribution in [3.8, 4) is 5.75 Å². The summed E-state index contributed by atoms with van der Waals surface area (Å²) in [7, 11) is 0. The zero-order valence-corrected chi connectivity index (χ0v) is 13.6. The van der Waals surface area contributed by atoms with Crippen molar-refractivity contribution >= 4 is 17.5 Å². The largest absolute Gasteiger partial charge is 0.481 e. The number of carbonyl (C=O) groups is 1.